The maximum absolute atomic E-state index is 12.8. The van der Waals surface area contributed by atoms with E-state index in [0.29, 0.717) is 19.3 Å². The molecule has 0 bridgehead atoms. The second kappa shape index (κ2) is 62.0. The first-order chi connectivity index (χ1) is 35.5. The van der Waals surface area contributed by atoms with Gasteiger partial charge in [0.1, 0.15) is 13.2 Å². The van der Waals surface area contributed by atoms with Gasteiger partial charge < -0.3 is 14.2 Å². The van der Waals surface area contributed by atoms with Crippen molar-refractivity contribution in [2.24, 2.45) is 0 Å². The maximum atomic E-state index is 12.8. The molecule has 0 N–H and O–H groups in total. The SMILES string of the molecule is CCCCCCCCCCCCCCCCCCCCCCCCCCCCCCCC(=O)OCC(COC(=O)CCCCCCC)OC(=O)CCCCCCCCCCCCCCCCCCCCCC. The number of unbranched alkanes of at least 4 members (excludes halogenated alkanes) is 51. The Balaban J connectivity index is 3.90. The van der Waals surface area contributed by atoms with Crippen LogP contribution in [-0.2, 0) is 28.6 Å². The van der Waals surface area contributed by atoms with Gasteiger partial charge in [-0.05, 0) is 19.3 Å². The first-order valence-corrected chi connectivity index (χ1v) is 33.0. The van der Waals surface area contributed by atoms with Crippen molar-refractivity contribution in [1.82, 2.24) is 0 Å². The predicted molar refractivity (Wildman–Crippen MR) is 312 cm³/mol. The van der Waals surface area contributed by atoms with Crippen molar-refractivity contribution >= 4 is 17.9 Å². The first kappa shape index (κ1) is 70.4. The molecule has 0 radical (unpaired) electrons. The molecule has 0 spiro atoms. The van der Waals surface area contributed by atoms with Crippen LogP contribution in [0.1, 0.15) is 387 Å². The molecule has 0 aliphatic rings. The van der Waals surface area contributed by atoms with Crippen LogP contribution >= 0.6 is 0 Å². The number of carbonyl (C=O) groups is 3. The van der Waals surface area contributed by atoms with Gasteiger partial charge in [0, 0.05) is 19.3 Å². The number of hydrogen-bond acceptors (Lipinski definition) is 6. The summed E-state index contributed by atoms with van der Waals surface area (Å²) in [5, 5.41) is 0. The molecule has 72 heavy (non-hydrogen) atoms. The van der Waals surface area contributed by atoms with Gasteiger partial charge in [0.05, 0.1) is 0 Å². The van der Waals surface area contributed by atoms with Crippen LogP contribution in [0.5, 0.6) is 0 Å². The Labute approximate surface area is 450 Å². The lowest BCUT2D eigenvalue weighted by Crippen LogP contribution is -2.30. The minimum atomic E-state index is -0.760. The van der Waals surface area contributed by atoms with Crippen molar-refractivity contribution in [1.29, 1.82) is 0 Å². The third kappa shape index (κ3) is 59.3. The van der Waals surface area contributed by atoms with Crippen molar-refractivity contribution in [3.63, 3.8) is 0 Å². The largest absolute Gasteiger partial charge is 0.462 e. The molecular weight excluding hydrogens is 889 g/mol. The summed E-state index contributed by atoms with van der Waals surface area (Å²) in [5.74, 6) is -0.846. The smallest absolute Gasteiger partial charge is 0.306 e. The molecule has 0 fully saturated rings. The summed E-state index contributed by atoms with van der Waals surface area (Å²) >= 11 is 0. The zero-order chi connectivity index (χ0) is 52.2. The fourth-order valence-electron chi connectivity index (χ4n) is 10.4. The van der Waals surface area contributed by atoms with Crippen LogP contribution in [-0.4, -0.2) is 37.2 Å². The highest BCUT2D eigenvalue weighted by Crippen LogP contribution is 2.19. The van der Waals surface area contributed by atoms with Crippen molar-refractivity contribution in [2.45, 2.75) is 393 Å². The van der Waals surface area contributed by atoms with Crippen molar-refractivity contribution in [2.75, 3.05) is 13.2 Å². The van der Waals surface area contributed by atoms with Gasteiger partial charge in [0.15, 0.2) is 6.10 Å². The van der Waals surface area contributed by atoms with Gasteiger partial charge in [-0.3, -0.25) is 14.4 Å². The van der Waals surface area contributed by atoms with E-state index in [1.54, 1.807) is 0 Å². The van der Waals surface area contributed by atoms with Gasteiger partial charge in [-0.25, -0.2) is 0 Å². The van der Waals surface area contributed by atoms with Crippen LogP contribution in [0.25, 0.3) is 0 Å². The van der Waals surface area contributed by atoms with E-state index in [0.717, 1.165) is 64.2 Å². The van der Waals surface area contributed by atoms with E-state index in [2.05, 4.69) is 20.8 Å². The number of hydrogen-bond donors (Lipinski definition) is 0. The van der Waals surface area contributed by atoms with Crippen molar-refractivity contribution < 1.29 is 28.6 Å². The Morgan fingerprint density at radius 2 is 0.375 bits per heavy atom. The third-order valence-electron chi connectivity index (χ3n) is 15.4. The summed E-state index contributed by atoms with van der Waals surface area (Å²) in [4.78, 5) is 37.9. The lowest BCUT2D eigenvalue weighted by Gasteiger charge is -2.18. The highest BCUT2D eigenvalue weighted by molar-refractivity contribution is 5.71. The maximum Gasteiger partial charge on any atom is 0.306 e. The van der Waals surface area contributed by atoms with Crippen LogP contribution in [0.15, 0.2) is 0 Å². The van der Waals surface area contributed by atoms with Gasteiger partial charge in [-0.1, -0.05) is 348 Å². The van der Waals surface area contributed by atoms with E-state index < -0.39 is 6.10 Å². The Bertz CT molecular complexity index is 1080. The fraction of sp³-hybridized carbons (Fsp3) is 0.955. The average molecular weight is 1020 g/mol. The molecule has 0 aromatic carbocycles. The topological polar surface area (TPSA) is 78.9 Å². The molecule has 6 nitrogen and oxygen atoms in total. The minimum Gasteiger partial charge on any atom is -0.462 e. The first-order valence-electron chi connectivity index (χ1n) is 33.0. The van der Waals surface area contributed by atoms with Crippen molar-refractivity contribution in [3.8, 4) is 0 Å². The van der Waals surface area contributed by atoms with Crippen LogP contribution in [0.2, 0.25) is 0 Å². The van der Waals surface area contributed by atoms with Gasteiger partial charge >= 0.3 is 17.9 Å². The standard InChI is InChI=1S/C66H128O6/c1-4-7-10-13-15-17-19-21-23-25-27-29-30-31-32-33-34-35-36-37-39-40-42-44-46-48-50-53-56-59-65(68)71-62-63(61-70-64(67)58-55-52-12-9-6-3)72-66(69)60-57-54-51-49-47-45-43-41-38-28-26-24-22-20-18-16-14-11-8-5-2/h63H,4-62H2,1-3H3. The average Bonchev–Trinajstić information content (AvgIpc) is 3.38. The lowest BCUT2D eigenvalue weighted by atomic mass is 10.0. The molecule has 0 aliphatic heterocycles. The summed E-state index contributed by atoms with van der Waals surface area (Å²) in [6, 6.07) is 0. The van der Waals surface area contributed by atoms with E-state index in [1.165, 1.54) is 283 Å². The summed E-state index contributed by atoms with van der Waals surface area (Å²) in [6.45, 7) is 6.64. The highest BCUT2D eigenvalue weighted by Gasteiger charge is 2.19. The number of ether oxygens (including phenoxy) is 3. The molecule has 0 saturated heterocycles. The second-order valence-electron chi connectivity index (χ2n) is 22.8. The van der Waals surface area contributed by atoms with E-state index in [9.17, 15) is 14.4 Å². The Morgan fingerprint density at radius 3 is 0.556 bits per heavy atom. The molecule has 1 unspecified atom stereocenters. The summed E-state index contributed by atoms with van der Waals surface area (Å²) in [7, 11) is 0. The van der Waals surface area contributed by atoms with E-state index in [4.69, 9.17) is 14.2 Å². The van der Waals surface area contributed by atoms with Crippen molar-refractivity contribution in [3.05, 3.63) is 0 Å². The van der Waals surface area contributed by atoms with Crippen LogP contribution < -0.4 is 0 Å². The van der Waals surface area contributed by atoms with Crippen LogP contribution in [0, 0.1) is 0 Å². The summed E-state index contributed by atoms with van der Waals surface area (Å²) in [6.07, 6.45) is 71.8. The van der Waals surface area contributed by atoms with Gasteiger partial charge in [0.25, 0.3) is 0 Å². The molecular formula is C66H128O6. The van der Waals surface area contributed by atoms with Gasteiger partial charge in [0.2, 0.25) is 0 Å². The molecule has 428 valence electrons. The molecule has 0 aromatic heterocycles. The molecule has 0 rings (SSSR count). The normalized spacial score (nSPS) is 11.9. The van der Waals surface area contributed by atoms with Crippen LogP contribution in [0.4, 0.5) is 0 Å². The quantitative estimate of drug-likeness (QED) is 0.0343. The van der Waals surface area contributed by atoms with E-state index in [1.807, 2.05) is 0 Å². The fourth-order valence-corrected chi connectivity index (χ4v) is 10.4. The number of rotatable bonds is 62. The highest BCUT2D eigenvalue weighted by atomic mass is 16.6. The molecule has 1 atom stereocenters. The van der Waals surface area contributed by atoms with E-state index in [-0.39, 0.29) is 31.1 Å². The summed E-state index contributed by atoms with van der Waals surface area (Å²) in [5.41, 5.74) is 0. The zero-order valence-corrected chi connectivity index (χ0v) is 49.2. The lowest BCUT2D eigenvalue weighted by molar-refractivity contribution is -0.167. The predicted octanol–water partition coefficient (Wildman–Crippen LogP) is 22.3. The van der Waals surface area contributed by atoms with E-state index >= 15 is 0 Å². The molecule has 0 aliphatic carbocycles. The molecule has 6 heteroatoms. The molecule has 0 saturated carbocycles. The van der Waals surface area contributed by atoms with Gasteiger partial charge in [-0.2, -0.15) is 0 Å². The third-order valence-corrected chi connectivity index (χ3v) is 15.4. The molecule has 0 aromatic rings. The Kier molecular flexibility index (Phi) is 60.6. The Morgan fingerprint density at radius 1 is 0.222 bits per heavy atom. The van der Waals surface area contributed by atoms with Crippen LogP contribution in [0.3, 0.4) is 0 Å². The molecule has 0 amide bonds. The summed E-state index contributed by atoms with van der Waals surface area (Å²) < 4.78 is 16.8. The molecule has 0 heterocycles. The Hall–Kier alpha value is -1.59. The number of carbonyl (C=O) groups excluding carboxylic acids is 3. The second-order valence-corrected chi connectivity index (χ2v) is 22.8. The zero-order valence-electron chi connectivity index (χ0n) is 49.2. The van der Waals surface area contributed by atoms with Gasteiger partial charge in [-0.15, -0.1) is 0 Å². The monoisotopic (exact) mass is 1020 g/mol. The number of esters is 3. The minimum absolute atomic E-state index is 0.0623.